The van der Waals surface area contributed by atoms with Crippen molar-refractivity contribution in [1.29, 1.82) is 0 Å². The van der Waals surface area contributed by atoms with E-state index < -0.39 is 0 Å². The van der Waals surface area contributed by atoms with Gasteiger partial charge in [0.15, 0.2) is 0 Å². The Balaban J connectivity index is 1.67. The molecule has 90 valence electrons. The van der Waals surface area contributed by atoms with E-state index in [1.807, 2.05) is 0 Å². The summed E-state index contributed by atoms with van der Waals surface area (Å²) < 4.78 is 10.6. The molecule has 0 aromatic carbocycles. The molecule has 0 spiro atoms. The van der Waals surface area contributed by atoms with Crippen LogP contribution in [-0.2, 0) is 14.3 Å². The summed E-state index contributed by atoms with van der Waals surface area (Å²) in [5, 5.41) is 0. The van der Waals surface area contributed by atoms with Gasteiger partial charge >= 0.3 is 5.97 Å². The molecule has 16 heavy (non-hydrogen) atoms. The lowest BCUT2D eigenvalue weighted by Gasteiger charge is -2.27. The van der Waals surface area contributed by atoms with Crippen LogP contribution in [0.5, 0.6) is 0 Å². The number of esters is 1. The van der Waals surface area contributed by atoms with Crippen molar-refractivity contribution in [2.75, 3.05) is 6.61 Å². The monoisotopic (exact) mass is 224 g/mol. The average Bonchev–Trinajstić information content (AvgIpc) is 3.04. The summed E-state index contributed by atoms with van der Waals surface area (Å²) >= 11 is 0. The van der Waals surface area contributed by atoms with Crippen LogP contribution >= 0.6 is 0 Å². The van der Waals surface area contributed by atoms with E-state index in [-0.39, 0.29) is 12.1 Å². The quantitative estimate of drug-likeness (QED) is 0.418. The smallest absolute Gasteiger partial charge is 0.333 e. The summed E-state index contributed by atoms with van der Waals surface area (Å²) in [5.41, 5.74) is 0.494. The van der Waals surface area contributed by atoms with Gasteiger partial charge in [-0.3, -0.25) is 0 Å². The van der Waals surface area contributed by atoms with Crippen molar-refractivity contribution in [2.24, 2.45) is 5.92 Å². The first kappa shape index (κ1) is 11.6. The van der Waals surface area contributed by atoms with Crippen molar-refractivity contribution >= 4 is 5.97 Å². The second kappa shape index (κ2) is 5.00. The molecule has 1 saturated carbocycles. The summed E-state index contributed by atoms with van der Waals surface area (Å²) in [4.78, 5) is 11.3. The molecule has 1 atom stereocenters. The fourth-order valence-corrected chi connectivity index (χ4v) is 2.31. The third-order valence-corrected chi connectivity index (χ3v) is 3.41. The molecule has 0 bridgehead atoms. The number of hydrogen-bond acceptors (Lipinski definition) is 3. The minimum Gasteiger partial charge on any atom is -0.459 e. The predicted molar refractivity (Wildman–Crippen MR) is 61.0 cm³/mol. The van der Waals surface area contributed by atoms with E-state index in [4.69, 9.17) is 9.47 Å². The van der Waals surface area contributed by atoms with Gasteiger partial charge in [0, 0.05) is 5.57 Å². The molecular formula is C13H20O3. The first-order valence-electron chi connectivity index (χ1n) is 6.13. The maximum atomic E-state index is 11.3. The van der Waals surface area contributed by atoms with Crippen LogP contribution in [0.4, 0.5) is 0 Å². The molecule has 3 nitrogen and oxygen atoms in total. The Hall–Kier alpha value is -0.830. The van der Waals surface area contributed by atoms with Gasteiger partial charge in [-0.2, -0.15) is 0 Å². The fraction of sp³-hybridized carbons (Fsp3) is 0.769. The van der Waals surface area contributed by atoms with Gasteiger partial charge in [-0.25, -0.2) is 4.79 Å². The lowest BCUT2D eigenvalue weighted by atomic mass is 9.84. The number of carbonyl (C=O) groups is 1. The SMILES string of the molecule is C=C(C)C(=O)OC1CCC(CC2CO2)CC1. The van der Waals surface area contributed by atoms with Crippen LogP contribution in [0.15, 0.2) is 12.2 Å². The van der Waals surface area contributed by atoms with E-state index in [2.05, 4.69) is 6.58 Å². The molecule has 0 aromatic rings. The van der Waals surface area contributed by atoms with Crippen molar-refractivity contribution < 1.29 is 14.3 Å². The van der Waals surface area contributed by atoms with Crippen molar-refractivity contribution in [3.8, 4) is 0 Å². The van der Waals surface area contributed by atoms with Crippen LogP contribution in [0.2, 0.25) is 0 Å². The number of carbonyl (C=O) groups excluding carboxylic acids is 1. The van der Waals surface area contributed by atoms with Gasteiger partial charge < -0.3 is 9.47 Å². The molecule has 3 heteroatoms. The van der Waals surface area contributed by atoms with E-state index in [0.717, 1.165) is 38.2 Å². The molecule has 0 aromatic heterocycles. The highest BCUT2D eigenvalue weighted by Gasteiger charge is 2.30. The lowest BCUT2D eigenvalue weighted by molar-refractivity contribution is -0.146. The van der Waals surface area contributed by atoms with Gasteiger partial charge in [-0.15, -0.1) is 0 Å². The van der Waals surface area contributed by atoms with Crippen LogP contribution < -0.4 is 0 Å². The topological polar surface area (TPSA) is 38.8 Å². The summed E-state index contributed by atoms with van der Waals surface area (Å²) in [7, 11) is 0. The van der Waals surface area contributed by atoms with Crippen LogP contribution in [0.3, 0.4) is 0 Å². The van der Waals surface area contributed by atoms with Crippen molar-refractivity contribution in [2.45, 2.75) is 51.2 Å². The highest BCUT2D eigenvalue weighted by molar-refractivity contribution is 5.87. The zero-order valence-electron chi connectivity index (χ0n) is 9.91. The average molecular weight is 224 g/mol. The number of ether oxygens (including phenoxy) is 2. The molecule has 1 heterocycles. The molecule has 1 aliphatic carbocycles. The Bertz CT molecular complexity index is 273. The van der Waals surface area contributed by atoms with Crippen molar-refractivity contribution in [3.63, 3.8) is 0 Å². The molecule has 0 amide bonds. The molecule has 1 saturated heterocycles. The maximum absolute atomic E-state index is 11.3. The van der Waals surface area contributed by atoms with E-state index in [0.29, 0.717) is 11.7 Å². The third-order valence-electron chi connectivity index (χ3n) is 3.41. The number of epoxide rings is 1. The molecular weight excluding hydrogens is 204 g/mol. The Kier molecular flexibility index (Phi) is 3.64. The highest BCUT2D eigenvalue weighted by atomic mass is 16.6. The second-order valence-corrected chi connectivity index (χ2v) is 5.02. The summed E-state index contributed by atoms with van der Waals surface area (Å²) in [5.74, 6) is 0.529. The van der Waals surface area contributed by atoms with Crippen molar-refractivity contribution in [3.05, 3.63) is 12.2 Å². The summed E-state index contributed by atoms with van der Waals surface area (Å²) in [6, 6.07) is 0. The third kappa shape index (κ3) is 3.34. The minimum absolute atomic E-state index is 0.112. The predicted octanol–water partition coefficient (Wildman–Crippen LogP) is 2.45. The zero-order chi connectivity index (χ0) is 11.5. The van der Waals surface area contributed by atoms with E-state index in [1.54, 1.807) is 6.92 Å². The van der Waals surface area contributed by atoms with Crippen LogP contribution in [0.1, 0.15) is 39.0 Å². The lowest BCUT2D eigenvalue weighted by Crippen LogP contribution is -2.25. The van der Waals surface area contributed by atoms with Gasteiger partial charge in [-0.1, -0.05) is 6.58 Å². The molecule has 2 aliphatic rings. The highest BCUT2D eigenvalue weighted by Crippen LogP contribution is 2.32. The molecule has 1 unspecified atom stereocenters. The van der Waals surface area contributed by atoms with E-state index in [1.165, 1.54) is 6.42 Å². The maximum Gasteiger partial charge on any atom is 0.333 e. The number of hydrogen-bond donors (Lipinski definition) is 0. The standard InChI is InChI=1S/C13H20O3/c1-9(2)13(14)16-11-5-3-10(4-6-11)7-12-8-15-12/h10-12H,1,3-8H2,2H3. The first-order chi connectivity index (χ1) is 7.65. The van der Waals surface area contributed by atoms with Gasteiger partial charge in [0.1, 0.15) is 6.10 Å². The first-order valence-corrected chi connectivity index (χ1v) is 6.13. The Labute approximate surface area is 96.8 Å². The second-order valence-electron chi connectivity index (χ2n) is 5.02. The largest absolute Gasteiger partial charge is 0.459 e. The van der Waals surface area contributed by atoms with Gasteiger partial charge in [0.25, 0.3) is 0 Å². The normalized spacial score (nSPS) is 33.2. The molecule has 1 aliphatic heterocycles. The minimum atomic E-state index is -0.242. The molecule has 2 rings (SSSR count). The Morgan fingerprint density at radius 3 is 2.50 bits per heavy atom. The van der Waals surface area contributed by atoms with Crippen LogP contribution in [0, 0.1) is 5.92 Å². The Morgan fingerprint density at radius 1 is 1.38 bits per heavy atom. The van der Waals surface area contributed by atoms with Gasteiger partial charge in [0.2, 0.25) is 0 Å². The molecule has 2 fully saturated rings. The van der Waals surface area contributed by atoms with Crippen molar-refractivity contribution in [1.82, 2.24) is 0 Å². The summed E-state index contributed by atoms with van der Waals surface area (Å²) in [6.07, 6.45) is 6.15. The molecule has 0 radical (unpaired) electrons. The van der Waals surface area contributed by atoms with Gasteiger partial charge in [0.05, 0.1) is 12.7 Å². The fourth-order valence-electron chi connectivity index (χ4n) is 2.31. The zero-order valence-corrected chi connectivity index (χ0v) is 9.91. The Morgan fingerprint density at radius 2 is 2.00 bits per heavy atom. The van der Waals surface area contributed by atoms with Gasteiger partial charge in [-0.05, 0) is 44.9 Å². The van der Waals surface area contributed by atoms with Crippen LogP contribution in [0.25, 0.3) is 0 Å². The number of rotatable bonds is 4. The van der Waals surface area contributed by atoms with E-state index >= 15 is 0 Å². The van der Waals surface area contributed by atoms with Crippen LogP contribution in [-0.4, -0.2) is 24.8 Å². The molecule has 0 N–H and O–H groups in total. The van der Waals surface area contributed by atoms with E-state index in [9.17, 15) is 4.79 Å². The summed E-state index contributed by atoms with van der Waals surface area (Å²) in [6.45, 7) is 6.23.